The van der Waals surface area contributed by atoms with Crippen LogP contribution in [0.2, 0.25) is 0 Å². The lowest BCUT2D eigenvalue weighted by atomic mass is 10.1. The summed E-state index contributed by atoms with van der Waals surface area (Å²) in [7, 11) is 0. The lowest BCUT2D eigenvalue weighted by molar-refractivity contribution is 0.580. The Hall–Kier alpha value is -0.0400. The van der Waals surface area contributed by atoms with Crippen molar-refractivity contribution in [2.24, 2.45) is 10.9 Å². The standard InChI is InChI=1S/C8H16ClN/c1-6(2)7(9)10-8(3,4)5/h6H,1-5H3. The predicted octanol–water partition coefficient (Wildman–Crippen LogP) is 3.08. The van der Waals surface area contributed by atoms with Crippen molar-refractivity contribution in [1.29, 1.82) is 0 Å². The van der Waals surface area contributed by atoms with Crippen LogP contribution in [-0.4, -0.2) is 10.7 Å². The summed E-state index contributed by atoms with van der Waals surface area (Å²) >= 11 is 5.85. The third-order valence-corrected chi connectivity index (χ3v) is 1.44. The van der Waals surface area contributed by atoms with Crippen LogP contribution >= 0.6 is 11.6 Å². The molecule has 0 fully saturated rings. The van der Waals surface area contributed by atoms with E-state index in [-0.39, 0.29) is 5.54 Å². The molecule has 10 heavy (non-hydrogen) atoms. The lowest BCUT2D eigenvalue weighted by Crippen LogP contribution is -2.14. The van der Waals surface area contributed by atoms with Crippen LogP contribution in [-0.2, 0) is 0 Å². The molecular weight excluding hydrogens is 146 g/mol. The van der Waals surface area contributed by atoms with E-state index in [4.69, 9.17) is 11.6 Å². The normalized spacial score (nSPS) is 14.5. The number of rotatable bonds is 1. The van der Waals surface area contributed by atoms with Crippen molar-refractivity contribution in [1.82, 2.24) is 0 Å². The largest absolute Gasteiger partial charge is 0.272 e. The quantitative estimate of drug-likeness (QED) is 0.525. The Balaban J connectivity index is 4.17. The Labute approximate surface area is 68.5 Å². The topological polar surface area (TPSA) is 12.4 Å². The van der Waals surface area contributed by atoms with Gasteiger partial charge < -0.3 is 0 Å². The van der Waals surface area contributed by atoms with Gasteiger partial charge in [0.15, 0.2) is 0 Å². The molecule has 0 atom stereocenters. The zero-order valence-corrected chi connectivity index (χ0v) is 8.16. The first-order valence-corrected chi connectivity index (χ1v) is 3.96. The van der Waals surface area contributed by atoms with Gasteiger partial charge in [-0.2, -0.15) is 0 Å². The van der Waals surface area contributed by atoms with Gasteiger partial charge in [-0.1, -0.05) is 25.4 Å². The molecule has 0 aliphatic rings. The molecule has 0 aromatic rings. The van der Waals surface area contributed by atoms with Gasteiger partial charge in [0.2, 0.25) is 0 Å². The van der Waals surface area contributed by atoms with Crippen LogP contribution in [0.5, 0.6) is 0 Å². The van der Waals surface area contributed by atoms with E-state index < -0.39 is 0 Å². The first kappa shape index (κ1) is 9.96. The van der Waals surface area contributed by atoms with Crippen LogP contribution in [0.4, 0.5) is 0 Å². The maximum Gasteiger partial charge on any atom is 0.103 e. The molecule has 0 heterocycles. The van der Waals surface area contributed by atoms with Gasteiger partial charge in [-0.15, -0.1) is 0 Å². The molecule has 0 N–H and O–H groups in total. The highest BCUT2D eigenvalue weighted by atomic mass is 35.5. The summed E-state index contributed by atoms with van der Waals surface area (Å²) in [6.45, 7) is 10.2. The van der Waals surface area contributed by atoms with E-state index in [1.165, 1.54) is 0 Å². The fourth-order valence-corrected chi connectivity index (χ4v) is 0.703. The number of aliphatic imine (C=N–C) groups is 1. The molecule has 0 saturated heterocycles. The minimum Gasteiger partial charge on any atom is -0.272 e. The number of halogens is 1. The highest BCUT2D eigenvalue weighted by Gasteiger charge is 2.09. The Bertz CT molecular complexity index is 131. The first-order valence-electron chi connectivity index (χ1n) is 3.58. The minimum absolute atomic E-state index is 0.0403. The molecule has 0 saturated carbocycles. The zero-order chi connectivity index (χ0) is 8.36. The number of hydrogen-bond acceptors (Lipinski definition) is 1. The van der Waals surface area contributed by atoms with Crippen molar-refractivity contribution >= 4 is 16.8 Å². The molecule has 0 unspecified atom stereocenters. The number of hydrogen-bond donors (Lipinski definition) is 0. The molecule has 0 aromatic carbocycles. The van der Waals surface area contributed by atoms with Crippen molar-refractivity contribution in [2.45, 2.75) is 40.2 Å². The van der Waals surface area contributed by atoms with E-state index in [0.717, 1.165) is 0 Å². The molecular formula is C8H16ClN. The van der Waals surface area contributed by atoms with Crippen LogP contribution in [0, 0.1) is 5.92 Å². The van der Waals surface area contributed by atoms with E-state index in [9.17, 15) is 0 Å². The second kappa shape index (κ2) is 3.38. The molecule has 0 rings (SSSR count). The maximum atomic E-state index is 5.85. The Morgan fingerprint density at radius 3 is 1.80 bits per heavy atom. The van der Waals surface area contributed by atoms with Crippen molar-refractivity contribution < 1.29 is 0 Å². The zero-order valence-electron chi connectivity index (χ0n) is 7.40. The van der Waals surface area contributed by atoms with Gasteiger partial charge in [0.25, 0.3) is 0 Å². The fourth-order valence-electron chi connectivity index (χ4n) is 0.450. The van der Waals surface area contributed by atoms with Gasteiger partial charge in [-0.3, -0.25) is 4.99 Å². The van der Waals surface area contributed by atoms with E-state index in [1.807, 2.05) is 34.6 Å². The van der Waals surface area contributed by atoms with Crippen molar-refractivity contribution in [3.8, 4) is 0 Å². The van der Waals surface area contributed by atoms with E-state index in [0.29, 0.717) is 11.1 Å². The molecule has 0 aliphatic heterocycles. The van der Waals surface area contributed by atoms with Crippen LogP contribution in [0.15, 0.2) is 4.99 Å². The SMILES string of the molecule is CC(C)C(Cl)=NC(C)(C)C. The molecule has 0 radical (unpaired) electrons. The second-order valence-electron chi connectivity index (χ2n) is 3.76. The van der Waals surface area contributed by atoms with Crippen LogP contribution in [0.1, 0.15) is 34.6 Å². The third-order valence-electron chi connectivity index (χ3n) is 0.919. The lowest BCUT2D eigenvalue weighted by Gasteiger charge is -2.14. The second-order valence-corrected chi connectivity index (χ2v) is 4.15. The van der Waals surface area contributed by atoms with Crippen molar-refractivity contribution in [3.05, 3.63) is 0 Å². The molecule has 60 valence electrons. The molecule has 1 nitrogen and oxygen atoms in total. The Morgan fingerprint density at radius 2 is 1.70 bits per heavy atom. The monoisotopic (exact) mass is 161 g/mol. The molecule has 0 bridgehead atoms. The minimum atomic E-state index is -0.0403. The van der Waals surface area contributed by atoms with Gasteiger partial charge in [-0.05, 0) is 20.8 Å². The van der Waals surface area contributed by atoms with E-state index in [2.05, 4.69) is 4.99 Å². The van der Waals surface area contributed by atoms with Gasteiger partial charge in [0, 0.05) is 5.92 Å². The summed E-state index contributed by atoms with van der Waals surface area (Å²) < 4.78 is 0. The average molecular weight is 162 g/mol. The van der Waals surface area contributed by atoms with Gasteiger partial charge in [-0.25, -0.2) is 0 Å². The van der Waals surface area contributed by atoms with Gasteiger partial charge in [0.1, 0.15) is 5.17 Å². The number of nitrogens with zero attached hydrogens (tertiary/aromatic N) is 1. The Kier molecular flexibility index (Phi) is 3.37. The van der Waals surface area contributed by atoms with Crippen molar-refractivity contribution in [2.75, 3.05) is 0 Å². The third kappa shape index (κ3) is 4.80. The summed E-state index contributed by atoms with van der Waals surface area (Å²) in [6.07, 6.45) is 0. The maximum absolute atomic E-state index is 5.85. The average Bonchev–Trinajstić information content (AvgIpc) is 1.60. The predicted molar refractivity (Wildman–Crippen MR) is 47.9 cm³/mol. The molecule has 2 heteroatoms. The summed E-state index contributed by atoms with van der Waals surface area (Å²) in [4.78, 5) is 4.29. The summed E-state index contributed by atoms with van der Waals surface area (Å²) in [6, 6.07) is 0. The van der Waals surface area contributed by atoms with Crippen molar-refractivity contribution in [3.63, 3.8) is 0 Å². The van der Waals surface area contributed by atoms with Gasteiger partial charge in [0.05, 0.1) is 5.54 Å². The first-order chi connectivity index (χ1) is 4.33. The highest BCUT2D eigenvalue weighted by Crippen LogP contribution is 2.11. The van der Waals surface area contributed by atoms with Crippen LogP contribution in [0.3, 0.4) is 0 Å². The molecule has 0 aromatic heterocycles. The molecule has 0 spiro atoms. The van der Waals surface area contributed by atoms with Crippen LogP contribution in [0.25, 0.3) is 0 Å². The molecule has 0 amide bonds. The smallest absolute Gasteiger partial charge is 0.103 e. The Morgan fingerprint density at radius 1 is 1.30 bits per heavy atom. The summed E-state index contributed by atoms with van der Waals surface area (Å²) in [5.74, 6) is 0.348. The highest BCUT2D eigenvalue weighted by molar-refractivity contribution is 6.65. The molecule has 0 aliphatic carbocycles. The summed E-state index contributed by atoms with van der Waals surface area (Å²) in [5, 5.41) is 0.715. The summed E-state index contributed by atoms with van der Waals surface area (Å²) in [5.41, 5.74) is -0.0403. The van der Waals surface area contributed by atoms with E-state index in [1.54, 1.807) is 0 Å². The fraction of sp³-hybridized carbons (Fsp3) is 0.875. The van der Waals surface area contributed by atoms with Gasteiger partial charge >= 0.3 is 0 Å². The van der Waals surface area contributed by atoms with E-state index >= 15 is 0 Å². The van der Waals surface area contributed by atoms with Crippen LogP contribution < -0.4 is 0 Å².